The van der Waals surface area contributed by atoms with Gasteiger partial charge in [-0.1, -0.05) is 0 Å². The van der Waals surface area contributed by atoms with E-state index in [2.05, 4.69) is 9.88 Å². The van der Waals surface area contributed by atoms with Gasteiger partial charge in [0.2, 0.25) is 5.88 Å². The number of rotatable bonds is 1. The van der Waals surface area contributed by atoms with Gasteiger partial charge < -0.3 is 14.4 Å². The molecule has 0 aliphatic carbocycles. The van der Waals surface area contributed by atoms with Crippen molar-refractivity contribution < 1.29 is 9.52 Å². The molecule has 1 aliphatic heterocycles. The van der Waals surface area contributed by atoms with Crippen molar-refractivity contribution in [3.8, 4) is 0 Å². The number of oxazole rings is 1. The lowest BCUT2D eigenvalue weighted by molar-refractivity contribution is 0.144. The van der Waals surface area contributed by atoms with Crippen molar-refractivity contribution in [1.29, 1.82) is 0 Å². The molecule has 0 aromatic carbocycles. The van der Waals surface area contributed by atoms with Crippen molar-refractivity contribution in [2.45, 2.75) is 18.9 Å². The molecule has 2 rings (SSSR count). The summed E-state index contributed by atoms with van der Waals surface area (Å²) >= 11 is 0. The van der Waals surface area contributed by atoms with Gasteiger partial charge in [-0.25, -0.2) is 4.98 Å². The van der Waals surface area contributed by atoms with Crippen LogP contribution in [-0.2, 0) is 0 Å². The molecule has 4 nitrogen and oxygen atoms in total. The summed E-state index contributed by atoms with van der Waals surface area (Å²) in [6, 6.07) is 0. The van der Waals surface area contributed by atoms with E-state index >= 15 is 0 Å². The Morgan fingerprint density at radius 2 is 2.25 bits per heavy atom. The van der Waals surface area contributed by atoms with Crippen LogP contribution in [0.25, 0.3) is 0 Å². The van der Waals surface area contributed by atoms with Crippen LogP contribution in [-0.4, -0.2) is 29.3 Å². The first-order valence-electron chi connectivity index (χ1n) is 4.18. The molecule has 0 atom stereocenters. The van der Waals surface area contributed by atoms with Crippen molar-refractivity contribution in [2.24, 2.45) is 0 Å². The number of piperidine rings is 1. The van der Waals surface area contributed by atoms with E-state index in [-0.39, 0.29) is 6.10 Å². The molecule has 66 valence electrons. The predicted octanol–water partition coefficient (Wildman–Crippen LogP) is 0.636. The van der Waals surface area contributed by atoms with E-state index < -0.39 is 0 Å². The van der Waals surface area contributed by atoms with Gasteiger partial charge in [-0.3, -0.25) is 0 Å². The summed E-state index contributed by atoms with van der Waals surface area (Å²) in [4.78, 5) is 5.94. The Morgan fingerprint density at radius 3 is 2.83 bits per heavy atom. The molecule has 2 heterocycles. The second-order valence-electron chi connectivity index (χ2n) is 3.06. The quantitative estimate of drug-likeness (QED) is 0.668. The molecule has 0 amide bonds. The predicted molar refractivity (Wildman–Crippen MR) is 44.0 cm³/mol. The fourth-order valence-corrected chi connectivity index (χ4v) is 1.45. The highest BCUT2D eigenvalue weighted by molar-refractivity contribution is 5.31. The largest absolute Gasteiger partial charge is 0.428 e. The zero-order valence-electron chi connectivity index (χ0n) is 6.81. The van der Waals surface area contributed by atoms with Gasteiger partial charge in [0, 0.05) is 13.1 Å². The lowest BCUT2D eigenvalue weighted by Crippen LogP contribution is -2.35. The molecule has 0 saturated carbocycles. The third-order valence-electron chi connectivity index (χ3n) is 2.20. The van der Waals surface area contributed by atoms with Gasteiger partial charge in [0.05, 0.1) is 12.3 Å². The fraction of sp³-hybridized carbons (Fsp3) is 0.625. The number of aromatic nitrogens is 1. The molecule has 1 fully saturated rings. The first-order valence-corrected chi connectivity index (χ1v) is 4.18. The minimum atomic E-state index is -0.135. The SMILES string of the molecule is OC1CCN(c2cnco2)CC1. The van der Waals surface area contributed by atoms with Crippen LogP contribution in [0.2, 0.25) is 0 Å². The van der Waals surface area contributed by atoms with Crippen molar-refractivity contribution in [1.82, 2.24) is 4.98 Å². The van der Waals surface area contributed by atoms with E-state index in [0.29, 0.717) is 0 Å². The molecule has 4 heteroatoms. The zero-order valence-corrected chi connectivity index (χ0v) is 6.81. The van der Waals surface area contributed by atoms with Crippen LogP contribution in [0.4, 0.5) is 5.88 Å². The molecule has 12 heavy (non-hydrogen) atoms. The Balaban J connectivity index is 1.99. The van der Waals surface area contributed by atoms with E-state index in [4.69, 9.17) is 4.42 Å². The van der Waals surface area contributed by atoms with Gasteiger partial charge in [-0.05, 0) is 12.8 Å². The Bertz CT molecular complexity index is 227. The average molecular weight is 168 g/mol. The summed E-state index contributed by atoms with van der Waals surface area (Å²) in [5.74, 6) is 0.807. The minimum Gasteiger partial charge on any atom is -0.428 e. The summed E-state index contributed by atoms with van der Waals surface area (Å²) in [7, 11) is 0. The maximum atomic E-state index is 9.25. The van der Waals surface area contributed by atoms with E-state index in [9.17, 15) is 5.11 Å². The van der Waals surface area contributed by atoms with Gasteiger partial charge in [-0.15, -0.1) is 0 Å². The van der Waals surface area contributed by atoms with Crippen molar-refractivity contribution >= 4 is 5.88 Å². The summed E-state index contributed by atoms with van der Waals surface area (Å²) in [6.07, 6.45) is 4.64. The third kappa shape index (κ3) is 1.43. The Morgan fingerprint density at radius 1 is 1.50 bits per heavy atom. The zero-order chi connectivity index (χ0) is 8.39. The number of hydrogen-bond donors (Lipinski definition) is 1. The van der Waals surface area contributed by atoms with Gasteiger partial charge in [0.25, 0.3) is 0 Å². The number of nitrogens with zero attached hydrogens (tertiary/aromatic N) is 2. The number of anilines is 1. The highest BCUT2D eigenvalue weighted by atomic mass is 16.4. The van der Waals surface area contributed by atoms with Gasteiger partial charge in [0.1, 0.15) is 0 Å². The number of aliphatic hydroxyl groups is 1. The van der Waals surface area contributed by atoms with Crippen LogP contribution >= 0.6 is 0 Å². The molecule has 1 aliphatic rings. The normalized spacial score (nSPS) is 19.9. The van der Waals surface area contributed by atoms with Gasteiger partial charge >= 0.3 is 0 Å². The van der Waals surface area contributed by atoms with E-state index in [0.717, 1.165) is 31.8 Å². The smallest absolute Gasteiger partial charge is 0.215 e. The average Bonchev–Trinajstić information content (AvgIpc) is 2.58. The second-order valence-corrected chi connectivity index (χ2v) is 3.06. The molecular weight excluding hydrogens is 156 g/mol. The lowest BCUT2D eigenvalue weighted by atomic mass is 10.1. The standard InChI is InChI=1S/C8H12N2O2/c11-7-1-3-10(4-2-7)8-5-9-6-12-8/h5-7,11H,1-4H2. The van der Waals surface area contributed by atoms with Crippen molar-refractivity contribution in [3.05, 3.63) is 12.6 Å². The van der Waals surface area contributed by atoms with Crippen LogP contribution in [0.15, 0.2) is 17.0 Å². The van der Waals surface area contributed by atoms with Gasteiger partial charge in [-0.2, -0.15) is 0 Å². The van der Waals surface area contributed by atoms with Crippen LogP contribution in [0.3, 0.4) is 0 Å². The first kappa shape index (κ1) is 7.61. The maximum Gasteiger partial charge on any atom is 0.215 e. The molecule has 1 N–H and O–H groups in total. The highest BCUT2D eigenvalue weighted by Gasteiger charge is 2.18. The van der Waals surface area contributed by atoms with E-state index in [1.165, 1.54) is 6.39 Å². The summed E-state index contributed by atoms with van der Waals surface area (Å²) < 4.78 is 5.14. The summed E-state index contributed by atoms with van der Waals surface area (Å²) in [5.41, 5.74) is 0. The molecule has 0 spiro atoms. The molecular formula is C8H12N2O2. The van der Waals surface area contributed by atoms with E-state index in [1.807, 2.05) is 0 Å². The van der Waals surface area contributed by atoms with Crippen molar-refractivity contribution in [2.75, 3.05) is 18.0 Å². The Labute approximate surface area is 70.8 Å². The molecule has 0 bridgehead atoms. The topological polar surface area (TPSA) is 49.5 Å². The maximum absolute atomic E-state index is 9.25. The fourth-order valence-electron chi connectivity index (χ4n) is 1.45. The van der Waals surface area contributed by atoms with Crippen molar-refractivity contribution in [3.63, 3.8) is 0 Å². The lowest BCUT2D eigenvalue weighted by Gasteiger charge is -2.28. The second kappa shape index (κ2) is 3.15. The van der Waals surface area contributed by atoms with Crippen LogP contribution < -0.4 is 4.90 Å². The number of hydrogen-bond acceptors (Lipinski definition) is 4. The monoisotopic (exact) mass is 168 g/mol. The molecule has 0 radical (unpaired) electrons. The third-order valence-corrected chi connectivity index (χ3v) is 2.20. The van der Waals surface area contributed by atoms with Crippen LogP contribution in [0, 0.1) is 0 Å². The minimum absolute atomic E-state index is 0.135. The molecule has 1 aromatic rings. The van der Waals surface area contributed by atoms with Gasteiger partial charge in [0.15, 0.2) is 6.39 Å². The number of aliphatic hydroxyl groups excluding tert-OH is 1. The summed E-state index contributed by atoms with van der Waals surface area (Å²) in [6.45, 7) is 1.72. The van der Waals surface area contributed by atoms with E-state index in [1.54, 1.807) is 6.20 Å². The molecule has 1 saturated heterocycles. The van der Waals surface area contributed by atoms with Crippen LogP contribution in [0.1, 0.15) is 12.8 Å². The molecule has 0 unspecified atom stereocenters. The first-order chi connectivity index (χ1) is 5.86. The van der Waals surface area contributed by atoms with Crippen LogP contribution in [0.5, 0.6) is 0 Å². The Kier molecular flexibility index (Phi) is 1.99. The Hall–Kier alpha value is -1.03. The summed E-state index contributed by atoms with van der Waals surface area (Å²) in [5, 5.41) is 9.25. The highest BCUT2D eigenvalue weighted by Crippen LogP contribution is 2.18. The molecule has 1 aromatic heterocycles.